The van der Waals surface area contributed by atoms with Gasteiger partial charge in [0.05, 0.1) is 54.7 Å². The van der Waals surface area contributed by atoms with Gasteiger partial charge in [0.15, 0.2) is 17.5 Å². The SMILES string of the molecule is COc1ccc([C@@H](Nc2nc(Nc3cnc(C)c(-n4nccn4)c3)c(C#N)cc2F)[C@H](C)NC(=O)OC(C)(C)C)cc1. The number of hydrogen-bond donors (Lipinski definition) is 3. The summed E-state index contributed by atoms with van der Waals surface area (Å²) in [7, 11) is 1.56. The van der Waals surface area contributed by atoms with E-state index in [1.165, 1.54) is 4.80 Å². The average molecular weight is 574 g/mol. The maximum atomic E-state index is 15.3. The summed E-state index contributed by atoms with van der Waals surface area (Å²) >= 11 is 0. The van der Waals surface area contributed by atoms with Crippen LogP contribution in [-0.4, -0.2) is 49.8 Å². The predicted octanol–water partition coefficient (Wildman–Crippen LogP) is 5.20. The lowest BCUT2D eigenvalue weighted by molar-refractivity contribution is 0.0503. The minimum atomic E-state index is -0.747. The van der Waals surface area contributed by atoms with Crippen LogP contribution in [0.4, 0.5) is 26.5 Å². The molecule has 0 spiro atoms. The van der Waals surface area contributed by atoms with E-state index in [2.05, 4.69) is 36.1 Å². The molecule has 0 saturated carbocycles. The van der Waals surface area contributed by atoms with Crippen molar-refractivity contribution in [3.05, 3.63) is 77.6 Å². The molecule has 3 N–H and O–H groups in total. The van der Waals surface area contributed by atoms with Crippen LogP contribution >= 0.6 is 0 Å². The van der Waals surface area contributed by atoms with Crippen LogP contribution in [0.1, 0.15) is 50.6 Å². The average Bonchev–Trinajstić information content (AvgIpc) is 3.48. The third-order valence-electron chi connectivity index (χ3n) is 6.07. The minimum absolute atomic E-state index is 0.0154. The molecule has 0 unspecified atom stereocenters. The number of alkyl carbamates (subject to hydrolysis) is 1. The number of pyridine rings is 2. The maximum absolute atomic E-state index is 15.3. The van der Waals surface area contributed by atoms with Crippen LogP contribution in [0.15, 0.2) is 55.0 Å². The van der Waals surface area contributed by atoms with Crippen molar-refractivity contribution in [2.24, 2.45) is 0 Å². The van der Waals surface area contributed by atoms with Gasteiger partial charge in [0.25, 0.3) is 0 Å². The summed E-state index contributed by atoms with van der Waals surface area (Å²) in [4.78, 5) is 22.8. The van der Waals surface area contributed by atoms with E-state index in [0.29, 0.717) is 22.8 Å². The van der Waals surface area contributed by atoms with E-state index in [1.54, 1.807) is 83.7 Å². The molecule has 1 amide bonds. The number of nitrogens with one attached hydrogen (secondary N) is 3. The van der Waals surface area contributed by atoms with Gasteiger partial charge in [-0.3, -0.25) is 4.98 Å². The van der Waals surface area contributed by atoms with E-state index in [9.17, 15) is 10.1 Å². The normalized spacial score (nSPS) is 12.5. The molecule has 4 aromatic rings. The van der Waals surface area contributed by atoms with E-state index in [4.69, 9.17) is 9.47 Å². The number of methoxy groups -OCH3 is 1. The first kappa shape index (κ1) is 29.7. The number of carbonyl (C=O) groups excluding carboxylic acids is 1. The molecule has 3 aromatic heterocycles. The highest BCUT2D eigenvalue weighted by molar-refractivity contribution is 5.69. The second-order valence-corrected chi connectivity index (χ2v) is 10.4. The van der Waals surface area contributed by atoms with Gasteiger partial charge in [0.1, 0.15) is 23.1 Å². The van der Waals surface area contributed by atoms with Crippen molar-refractivity contribution in [2.75, 3.05) is 17.7 Å². The molecule has 2 atom stereocenters. The van der Waals surface area contributed by atoms with Gasteiger partial charge in [0.2, 0.25) is 0 Å². The van der Waals surface area contributed by atoms with Gasteiger partial charge in [-0.2, -0.15) is 15.5 Å². The molecule has 3 heterocycles. The molecule has 0 bridgehead atoms. The van der Waals surface area contributed by atoms with Crippen molar-refractivity contribution in [3.8, 4) is 17.5 Å². The van der Waals surface area contributed by atoms with Crippen molar-refractivity contribution in [1.29, 1.82) is 5.26 Å². The van der Waals surface area contributed by atoms with Crippen LogP contribution in [0.3, 0.4) is 0 Å². The Balaban J connectivity index is 1.67. The Morgan fingerprint density at radius 2 is 1.81 bits per heavy atom. The summed E-state index contributed by atoms with van der Waals surface area (Å²) in [5, 5.41) is 27.0. The maximum Gasteiger partial charge on any atom is 0.407 e. The number of benzene rings is 1. The molecule has 13 heteroatoms. The van der Waals surface area contributed by atoms with Gasteiger partial charge >= 0.3 is 6.09 Å². The number of nitriles is 1. The summed E-state index contributed by atoms with van der Waals surface area (Å²) < 4.78 is 26.0. The lowest BCUT2D eigenvalue weighted by Crippen LogP contribution is -2.42. The number of rotatable bonds is 9. The Morgan fingerprint density at radius 3 is 2.43 bits per heavy atom. The van der Waals surface area contributed by atoms with Crippen LogP contribution < -0.4 is 20.7 Å². The summed E-state index contributed by atoms with van der Waals surface area (Å²) in [5.74, 6) is -0.142. The van der Waals surface area contributed by atoms with Gasteiger partial charge in [-0.25, -0.2) is 14.2 Å². The molecule has 0 aliphatic carbocycles. The molecule has 0 aliphatic rings. The van der Waals surface area contributed by atoms with Crippen molar-refractivity contribution in [3.63, 3.8) is 0 Å². The monoisotopic (exact) mass is 573 g/mol. The number of carbonyl (C=O) groups is 1. The van der Waals surface area contributed by atoms with Crippen molar-refractivity contribution in [2.45, 2.75) is 52.3 Å². The molecule has 42 heavy (non-hydrogen) atoms. The van der Waals surface area contributed by atoms with Crippen molar-refractivity contribution >= 4 is 23.4 Å². The number of ether oxygens (including phenoxy) is 2. The Morgan fingerprint density at radius 1 is 1.12 bits per heavy atom. The van der Waals surface area contributed by atoms with Crippen LogP contribution in [0, 0.1) is 24.1 Å². The molecule has 0 saturated heterocycles. The summed E-state index contributed by atoms with van der Waals surface area (Å²) in [6, 6.07) is 10.7. The zero-order valence-corrected chi connectivity index (χ0v) is 24.1. The standard InChI is InChI=1S/C29H32FN9O3/c1-17-24(39-33-11-12-34-39)14-21(16-32-17)36-26-20(15-31)13-23(30)27(38-26)37-25(19-7-9-22(41-6)10-8-19)18(2)35-28(40)42-29(3,4)5/h7-14,16,18,25H,1-6H3,(H,35,40)(H2,36,37,38)/t18-,25-/m0/s1. The molecule has 4 rings (SSSR count). The number of aromatic nitrogens is 5. The smallest absolute Gasteiger partial charge is 0.407 e. The van der Waals surface area contributed by atoms with Gasteiger partial charge < -0.3 is 25.4 Å². The number of aryl methyl sites for hydroxylation is 1. The second kappa shape index (κ2) is 12.5. The number of hydrogen-bond acceptors (Lipinski definition) is 10. The summed E-state index contributed by atoms with van der Waals surface area (Å²) in [6.45, 7) is 8.86. The van der Waals surface area contributed by atoms with Gasteiger partial charge in [-0.05, 0) is 64.4 Å². The lowest BCUT2D eigenvalue weighted by atomic mass is 10.00. The number of nitrogens with zero attached hydrogens (tertiary/aromatic N) is 6. The van der Waals surface area contributed by atoms with Gasteiger partial charge in [0, 0.05) is 0 Å². The van der Waals surface area contributed by atoms with E-state index < -0.39 is 29.6 Å². The molecule has 12 nitrogen and oxygen atoms in total. The number of halogens is 1. The Hall–Kier alpha value is -5.25. The van der Waals surface area contributed by atoms with Crippen LogP contribution in [0.25, 0.3) is 5.69 Å². The van der Waals surface area contributed by atoms with Gasteiger partial charge in [-0.15, -0.1) is 4.80 Å². The van der Waals surface area contributed by atoms with E-state index in [1.807, 2.05) is 13.0 Å². The summed E-state index contributed by atoms with van der Waals surface area (Å²) in [5.41, 5.74) is 1.79. The zero-order chi connectivity index (χ0) is 30.4. The molecule has 0 fully saturated rings. The Kier molecular flexibility index (Phi) is 8.85. The third-order valence-corrected chi connectivity index (χ3v) is 6.07. The zero-order valence-electron chi connectivity index (χ0n) is 24.1. The quantitative estimate of drug-likeness (QED) is 0.244. The molecular formula is C29H32FN9O3. The largest absolute Gasteiger partial charge is 0.497 e. The van der Waals surface area contributed by atoms with Crippen LogP contribution in [-0.2, 0) is 4.74 Å². The predicted molar refractivity (Wildman–Crippen MR) is 154 cm³/mol. The Bertz CT molecular complexity index is 1580. The first-order chi connectivity index (χ1) is 20.0. The fourth-order valence-electron chi connectivity index (χ4n) is 4.07. The number of anilines is 3. The fourth-order valence-corrected chi connectivity index (χ4v) is 4.07. The van der Waals surface area contributed by atoms with E-state index in [0.717, 1.165) is 11.6 Å². The summed E-state index contributed by atoms with van der Waals surface area (Å²) in [6.07, 6.45) is 4.03. The van der Waals surface area contributed by atoms with E-state index >= 15 is 4.39 Å². The first-order valence-electron chi connectivity index (χ1n) is 13.1. The second-order valence-electron chi connectivity index (χ2n) is 10.4. The fraction of sp³-hybridized carbons (Fsp3) is 0.310. The topological polar surface area (TPSA) is 152 Å². The van der Waals surface area contributed by atoms with Crippen LogP contribution in [0.5, 0.6) is 5.75 Å². The highest BCUT2D eigenvalue weighted by Crippen LogP contribution is 2.29. The third kappa shape index (κ3) is 7.28. The van der Waals surface area contributed by atoms with Crippen LogP contribution in [0.2, 0.25) is 0 Å². The molecular weight excluding hydrogens is 541 g/mol. The number of amides is 1. The van der Waals surface area contributed by atoms with E-state index in [-0.39, 0.29) is 17.2 Å². The minimum Gasteiger partial charge on any atom is -0.497 e. The van der Waals surface area contributed by atoms with Crippen molar-refractivity contribution < 1.29 is 18.7 Å². The molecule has 0 radical (unpaired) electrons. The molecule has 1 aromatic carbocycles. The highest BCUT2D eigenvalue weighted by Gasteiger charge is 2.26. The van der Waals surface area contributed by atoms with Gasteiger partial charge in [-0.1, -0.05) is 12.1 Å². The molecule has 218 valence electrons. The van der Waals surface area contributed by atoms with Crippen molar-refractivity contribution in [1.82, 2.24) is 30.3 Å². The lowest BCUT2D eigenvalue weighted by Gasteiger charge is -2.29. The first-order valence-corrected chi connectivity index (χ1v) is 13.1. The Labute approximate surface area is 242 Å². The molecule has 0 aliphatic heterocycles. The highest BCUT2D eigenvalue weighted by atomic mass is 19.1.